The average Bonchev–Trinajstić information content (AvgIpc) is 3.51. The minimum absolute atomic E-state index is 0.0757. The molecular weight excluding hydrogens is 507 g/mol. The van der Waals surface area contributed by atoms with Gasteiger partial charge in [-0.3, -0.25) is 4.98 Å². The summed E-state index contributed by atoms with van der Waals surface area (Å²) < 4.78 is 14.6. The van der Waals surface area contributed by atoms with Crippen LogP contribution in [0.4, 0.5) is 0 Å². The van der Waals surface area contributed by atoms with Gasteiger partial charge in [-0.05, 0) is 63.5 Å². The zero-order valence-corrected chi connectivity index (χ0v) is 21.9. The lowest BCUT2D eigenvalue weighted by molar-refractivity contribution is -0.131. The second kappa shape index (κ2) is 8.87. The molecular formula is C29H26Cl2N4O2. The van der Waals surface area contributed by atoms with Gasteiger partial charge in [-0.25, -0.2) is 4.98 Å². The lowest BCUT2D eigenvalue weighted by Gasteiger charge is -2.51. The molecule has 0 spiro atoms. The number of ether oxygens (including phenoxy) is 1. The molecule has 8 rings (SSSR count). The summed E-state index contributed by atoms with van der Waals surface area (Å²) in [6.45, 7) is 0.447. The molecule has 37 heavy (non-hydrogen) atoms. The first kappa shape index (κ1) is 23.3. The van der Waals surface area contributed by atoms with E-state index in [4.69, 9.17) is 32.5 Å². The van der Waals surface area contributed by atoms with Crippen LogP contribution in [-0.2, 0) is 11.3 Å². The first-order valence-electron chi connectivity index (χ1n) is 12.9. The summed E-state index contributed by atoms with van der Waals surface area (Å²) in [5.41, 5.74) is 4.22. The van der Waals surface area contributed by atoms with Gasteiger partial charge in [0.1, 0.15) is 17.1 Å². The van der Waals surface area contributed by atoms with Crippen molar-refractivity contribution in [3.8, 4) is 23.1 Å². The molecule has 0 saturated heterocycles. The van der Waals surface area contributed by atoms with E-state index in [0.29, 0.717) is 33.8 Å². The molecule has 4 fully saturated rings. The SMILES string of the molecule is Clc1cncc(Cl)c1-c1noc(C2CC2)c1COC12CCC(C#Cc3ccn4ccnc4c3)(CC1)CC2. The van der Waals surface area contributed by atoms with E-state index < -0.39 is 0 Å². The Morgan fingerprint density at radius 2 is 1.81 bits per heavy atom. The molecule has 0 radical (unpaired) electrons. The number of aromatic nitrogens is 4. The number of nitrogens with zero attached hydrogens (tertiary/aromatic N) is 4. The van der Waals surface area contributed by atoms with E-state index in [2.05, 4.69) is 39.1 Å². The number of fused-ring (bicyclic) bond motifs is 4. The third-order valence-corrected chi connectivity index (χ3v) is 9.00. The molecule has 0 atom stereocenters. The molecule has 0 N–H and O–H groups in total. The van der Waals surface area contributed by atoms with Crippen LogP contribution in [0.15, 0.2) is 47.6 Å². The van der Waals surface area contributed by atoms with E-state index in [0.717, 1.165) is 73.9 Å². The maximum atomic E-state index is 6.75. The monoisotopic (exact) mass is 532 g/mol. The summed E-state index contributed by atoms with van der Waals surface area (Å²) in [4.78, 5) is 8.46. The number of pyridine rings is 2. The number of halogens is 2. The Hall–Kier alpha value is -2.85. The van der Waals surface area contributed by atoms with E-state index in [-0.39, 0.29) is 11.0 Å². The van der Waals surface area contributed by atoms with Crippen molar-refractivity contribution in [3.63, 3.8) is 0 Å². The van der Waals surface area contributed by atoms with Crippen molar-refractivity contribution < 1.29 is 9.26 Å². The van der Waals surface area contributed by atoms with Gasteiger partial charge in [0, 0.05) is 59.0 Å². The summed E-state index contributed by atoms with van der Waals surface area (Å²) in [5.74, 6) is 8.42. The topological polar surface area (TPSA) is 65.5 Å². The van der Waals surface area contributed by atoms with Crippen molar-refractivity contribution >= 4 is 28.8 Å². The van der Waals surface area contributed by atoms with Crippen LogP contribution in [0.25, 0.3) is 16.9 Å². The van der Waals surface area contributed by atoms with Crippen LogP contribution in [0.2, 0.25) is 10.0 Å². The first-order valence-corrected chi connectivity index (χ1v) is 13.7. The summed E-state index contributed by atoms with van der Waals surface area (Å²) in [5, 5.41) is 5.33. The maximum absolute atomic E-state index is 6.75. The summed E-state index contributed by atoms with van der Waals surface area (Å²) >= 11 is 13.0. The molecule has 4 aliphatic carbocycles. The Labute approximate surface area is 225 Å². The van der Waals surface area contributed by atoms with Gasteiger partial charge in [-0.2, -0.15) is 0 Å². The molecule has 0 aromatic carbocycles. The van der Waals surface area contributed by atoms with E-state index >= 15 is 0 Å². The van der Waals surface area contributed by atoms with E-state index in [9.17, 15) is 0 Å². The molecule has 188 valence electrons. The molecule has 8 heteroatoms. The van der Waals surface area contributed by atoms with Crippen molar-refractivity contribution in [2.75, 3.05) is 0 Å². The fraction of sp³-hybridized carbons (Fsp3) is 0.414. The summed E-state index contributed by atoms with van der Waals surface area (Å²) in [6.07, 6.45) is 17.4. The first-order chi connectivity index (χ1) is 18.0. The number of rotatable bonds is 5. The molecule has 0 amide bonds. The number of hydrogen-bond acceptors (Lipinski definition) is 5. The van der Waals surface area contributed by atoms with Gasteiger partial charge in [0.05, 0.1) is 22.3 Å². The van der Waals surface area contributed by atoms with Crippen molar-refractivity contribution in [2.24, 2.45) is 5.41 Å². The standard InChI is InChI=1S/C29H26Cl2N4O2/c30-22-16-32-17-23(31)25(22)26-21(27(37-34-26)20-1-2-20)18-36-29-9-6-28(7-10-29,8-11-29)5-3-19-4-13-35-14-12-33-24(35)15-19/h4,12-17,20H,1-2,6-11,18H2. The Morgan fingerprint density at radius 3 is 2.54 bits per heavy atom. The highest BCUT2D eigenvalue weighted by molar-refractivity contribution is 6.38. The molecule has 2 bridgehead atoms. The van der Waals surface area contributed by atoms with Gasteiger partial charge in [0.2, 0.25) is 0 Å². The van der Waals surface area contributed by atoms with E-state index in [1.54, 1.807) is 12.4 Å². The predicted octanol–water partition coefficient (Wildman–Crippen LogP) is 7.23. The molecule has 4 heterocycles. The normalized spacial score (nSPS) is 24.8. The van der Waals surface area contributed by atoms with Crippen molar-refractivity contribution in [3.05, 3.63) is 70.0 Å². The van der Waals surface area contributed by atoms with Gasteiger partial charge in [0.25, 0.3) is 0 Å². The highest BCUT2D eigenvalue weighted by atomic mass is 35.5. The van der Waals surface area contributed by atoms with E-state index in [1.807, 2.05) is 23.0 Å². The van der Waals surface area contributed by atoms with Crippen LogP contribution in [0, 0.1) is 17.3 Å². The van der Waals surface area contributed by atoms with Crippen LogP contribution < -0.4 is 0 Å². The molecule has 4 aromatic heterocycles. The fourth-order valence-corrected chi connectivity index (χ4v) is 6.48. The largest absolute Gasteiger partial charge is 0.370 e. The predicted molar refractivity (Wildman–Crippen MR) is 141 cm³/mol. The lowest BCUT2D eigenvalue weighted by atomic mass is 9.59. The number of imidazole rings is 1. The van der Waals surface area contributed by atoms with E-state index in [1.165, 1.54) is 0 Å². The van der Waals surface area contributed by atoms with Crippen molar-refractivity contribution in [2.45, 2.75) is 69.5 Å². The average molecular weight is 533 g/mol. The minimum Gasteiger partial charge on any atom is -0.370 e. The molecule has 0 unspecified atom stereocenters. The Balaban J connectivity index is 1.09. The summed E-state index contributed by atoms with van der Waals surface area (Å²) in [7, 11) is 0. The Kier molecular flexibility index (Phi) is 5.58. The molecule has 0 aliphatic heterocycles. The molecule has 4 saturated carbocycles. The smallest absolute Gasteiger partial charge is 0.145 e. The Bertz CT molecular complexity index is 1510. The quantitative estimate of drug-likeness (QED) is 0.253. The van der Waals surface area contributed by atoms with Crippen LogP contribution in [0.1, 0.15) is 74.2 Å². The van der Waals surface area contributed by atoms with Crippen LogP contribution in [-0.4, -0.2) is 25.1 Å². The minimum atomic E-state index is -0.126. The lowest BCUT2D eigenvalue weighted by Crippen LogP contribution is -2.47. The van der Waals surface area contributed by atoms with Gasteiger partial charge < -0.3 is 13.7 Å². The highest BCUT2D eigenvalue weighted by Gasteiger charge is 2.49. The second-order valence-corrected chi connectivity index (χ2v) is 11.6. The van der Waals surface area contributed by atoms with Crippen molar-refractivity contribution in [1.82, 2.24) is 19.5 Å². The Morgan fingerprint density at radius 1 is 1.05 bits per heavy atom. The molecule has 4 aromatic rings. The van der Waals surface area contributed by atoms with Gasteiger partial charge >= 0.3 is 0 Å². The van der Waals surface area contributed by atoms with Crippen LogP contribution in [0.3, 0.4) is 0 Å². The molecule has 6 nitrogen and oxygen atoms in total. The summed E-state index contributed by atoms with van der Waals surface area (Å²) in [6, 6.07) is 4.12. The molecule has 4 aliphatic rings. The second-order valence-electron chi connectivity index (χ2n) is 10.7. The third kappa shape index (κ3) is 4.24. The van der Waals surface area contributed by atoms with Gasteiger partial charge in [-0.1, -0.05) is 40.2 Å². The highest BCUT2D eigenvalue weighted by Crippen LogP contribution is 2.54. The fourth-order valence-electron chi connectivity index (χ4n) is 5.93. The van der Waals surface area contributed by atoms with Gasteiger partial charge in [-0.15, -0.1) is 0 Å². The third-order valence-electron chi connectivity index (χ3n) is 8.43. The number of hydrogen-bond donors (Lipinski definition) is 0. The van der Waals surface area contributed by atoms with Gasteiger partial charge in [0.15, 0.2) is 0 Å². The maximum Gasteiger partial charge on any atom is 0.145 e. The van der Waals surface area contributed by atoms with Crippen molar-refractivity contribution in [1.29, 1.82) is 0 Å². The zero-order valence-electron chi connectivity index (χ0n) is 20.3. The van der Waals surface area contributed by atoms with Crippen LogP contribution >= 0.6 is 23.2 Å². The van der Waals surface area contributed by atoms with Crippen LogP contribution in [0.5, 0.6) is 0 Å². The zero-order chi connectivity index (χ0) is 25.0.